The highest BCUT2D eigenvalue weighted by Gasteiger charge is 2.27. The molecule has 6 rings (SSSR count). The lowest BCUT2D eigenvalue weighted by atomic mass is 10.1. The lowest BCUT2D eigenvalue weighted by Gasteiger charge is -2.17. The molecule has 0 radical (unpaired) electrons. The number of rotatable bonds is 2. The van der Waals surface area contributed by atoms with Gasteiger partial charge in [0, 0.05) is 57.5 Å². The van der Waals surface area contributed by atoms with Crippen LogP contribution in [-0.2, 0) is 7.05 Å². The largest absolute Gasteiger partial charge is 0.477 e. The average Bonchev–Trinajstić information content (AvgIpc) is 3.56. The third-order valence-electron chi connectivity index (χ3n) is 6.64. The van der Waals surface area contributed by atoms with E-state index in [9.17, 15) is 5.11 Å². The zero-order valence-electron chi connectivity index (χ0n) is 19.2. The highest BCUT2D eigenvalue weighted by molar-refractivity contribution is 5.92. The van der Waals surface area contributed by atoms with Crippen molar-refractivity contribution in [1.82, 2.24) is 34.5 Å². The van der Waals surface area contributed by atoms with Crippen LogP contribution in [0.5, 0.6) is 5.88 Å². The van der Waals surface area contributed by atoms with Crippen LogP contribution in [0, 0.1) is 5.92 Å². The predicted molar refractivity (Wildman–Crippen MR) is 127 cm³/mol. The fourth-order valence-corrected chi connectivity index (χ4v) is 4.72. The standard InChI is InChI=1S/C23H27N9O2/c1-14-5-8-34-23-17(11-26-30(23)2)21-24-6-3-19(28-21)27-20-9-18-16(10-25-20)22(29-32(14)18)31-7-4-15(12-31)13-33/h3,6,9-11,14-15,33H,4-5,7-8,12-13H2,1-2H3,(H,24,25,27,28)/t14?,15-/m1/s1. The molecule has 4 aromatic rings. The molecule has 0 aliphatic carbocycles. The van der Waals surface area contributed by atoms with E-state index in [-0.39, 0.29) is 18.6 Å². The van der Waals surface area contributed by atoms with Gasteiger partial charge < -0.3 is 20.1 Å². The minimum absolute atomic E-state index is 0.0939. The number of pyridine rings is 1. The molecule has 11 nitrogen and oxygen atoms in total. The summed E-state index contributed by atoms with van der Waals surface area (Å²) in [6.07, 6.45) is 7.03. The predicted octanol–water partition coefficient (Wildman–Crippen LogP) is 2.53. The SMILES string of the molecule is CC1CCOc2c(cnn2C)-c2nccc(n2)Nc2cc3c(cn2)c(N2CC[C@@H](CO)C2)nn31. The topological polar surface area (TPSA) is 119 Å². The zero-order chi connectivity index (χ0) is 23.2. The number of nitrogens with zero attached hydrogens (tertiary/aromatic N) is 8. The Morgan fingerprint density at radius 3 is 2.97 bits per heavy atom. The van der Waals surface area contributed by atoms with E-state index >= 15 is 0 Å². The summed E-state index contributed by atoms with van der Waals surface area (Å²) in [5, 5.41) is 23.3. The maximum Gasteiger partial charge on any atom is 0.222 e. The van der Waals surface area contributed by atoms with Gasteiger partial charge in [-0.25, -0.2) is 19.6 Å². The molecule has 6 heterocycles. The first-order valence-corrected chi connectivity index (χ1v) is 11.6. The van der Waals surface area contributed by atoms with E-state index in [0.29, 0.717) is 29.9 Å². The van der Waals surface area contributed by atoms with Crippen molar-refractivity contribution < 1.29 is 9.84 Å². The van der Waals surface area contributed by atoms with E-state index in [1.165, 1.54) is 0 Å². The number of aliphatic hydroxyl groups is 1. The Morgan fingerprint density at radius 1 is 1.21 bits per heavy atom. The second kappa shape index (κ2) is 8.24. The molecule has 0 aromatic carbocycles. The first kappa shape index (κ1) is 20.8. The Labute approximate surface area is 196 Å². The number of hydrogen-bond donors (Lipinski definition) is 2. The van der Waals surface area contributed by atoms with E-state index in [1.54, 1.807) is 17.1 Å². The van der Waals surface area contributed by atoms with Crippen molar-refractivity contribution >= 4 is 28.4 Å². The van der Waals surface area contributed by atoms with Gasteiger partial charge >= 0.3 is 0 Å². The van der Waals surface area contributed by atoms with Crippen LogP contribution in [0.1, 0.15) is 25.8 Å². The van der Waals surface area contributed by atoms with Gasteiger partial charge in [0.05, 0.1) is 29.7 Å². The number of nitrogens with one attached hydrogen (secondary N) is 1. The molecule has 0 spiro atoms. The van der Waals surface area contributed by atoms with E-state index in [4.69, 9.17) is 9.84 Å². The summed E-state index contributed by atoms with van der Waals surface area (Å²) in [6, 6.07) is 3.92. The number of anilines is 3. The van der Waals surface area contributed by atoms with Crippen molar-refractivity contribution in [1.29, 1.82) is 0 Å². The Morgan fingerprint density at radius 2 is 2.12 bits per heavy atom. The van der Waals surface area contributed by atoms with Gasteiger partial charge in [-0.05, 0) is 19.4 Å². The van der Waals surface area contributed by atoms with Crippen molar-refractivity contribution in [3.63, 3.8) is 0 Å². The molecule has 34 heavy (non-hydrogen) atoms. The summed E-state index contributed by atoms with van der Waals surface area (Å²) >= 11 is 0. The van der Waals surface area contributed by atoms with Crippen LogP contribution in [-0.4, -0.2) is 65.9 Å². The lowest BCUT2D eigenvalue weighted by molar-refractivity contribution is 0.238. The second-order valence-electron chi connectivity index (χ2n) is 9.00. The lowest BCUT2D eigenvalue weighted by Crippen LogP contribution is -2.22. The smallest absolute Gasteiger partial charge is 0.222 e. The maximum absolute atomic E-state index is 9.61. The molecule has 1 saturated heterocycles. The first-order valence-electron chi connectivity index (χ1n) is 11.6. The molecule has 4 aromatic heterocycles. The molecule has 176 valence electrons. The maximum atomic E-state index is 9.61. The molecule has 0 amide bonds. The molecule has 1 unspecified atom stereocenters. The van der Waals surface area contributed by atoms with Crippen LogP contribution in [0.4, 0.5) is 17.5 Å². The minimum atomic E-state index is 0.0939. The van der Waals surface area contributed by atoms with Gasteiger partial charge in [0.2, 0.25) is 5.88 Å². The number of aromatic nitrogens is 7. The second-order valence-corrected chi connectivity index (χ2v) is 9.00. The van der Waals surface area contributed by atoms with Crippen LogP contribution >= 0.6 is 0 Å². The van der Waals surface area contributed by atoms with Crippen molar-refractivity contribution in [2.45, 2.75) is 25.8 Å². The van der Waals surface area contributed by atoms with Gasteiger partial charge in [-0.15, -0.1) is 0 Å². The van der Waals surface area contributed by atoms with E-state index in [1.807, 2.05) is 25.4 Å². The summed E-state index contributed by atoms with van der Waals surface area (Å²) in [6.45, 7) is 4.52. The van der Waals surface area contributed by atoms with E-state index in [2.05, 4.69) is 41.9 Å². The van der Waals surface area contributed by atoms with Crippen LogP contribution in [0.25, 0.3) is 22.3 Å². The summed E-state index contributed by atoms with van der Waals surface area (Å²) in [5.41, 5.74) is 1.74. The van der Waals surface area contributed by atoms with Gasteiger partial charge in [-0.2, -0.15) is 10.2 Å². The molecular formula is C23H27N9O2. The van der Waals surface area contributed by atoms with Gasteiger partial charge in [0.25, 0.3) is 0 Å². The molecule has 1 fully saturated rings. The average molecular weight is 462 g/mol. The van der Waals surface area contributed by atoms with Gasteiger partial charge in [0.1, 0.15) is 17.2 Å². The fourth-order valence-electron chi connectivity index (χ4n) is 4.72. The molecule has 11 heteroatoms. The molecular weight excluding hydrogens is 434 g/mol. The molecule has 2 N–H and O–H groups in total. The summed E-state index contributed by atoms with van der Waals surface area (Å²) < 4.78 is 9.93. The third-order valence-corrected chi connectivity index (χ3v) is 6.64. The quantitative estimate of drug-likeness (QED) is 0.464. The van der Waals surface area contributed by atoms with Crippen LogP contribution in [0.3, 0.4) is 0 Å². The fraction of sp³-hybridized carbons (Fsp3) is 0.435. The van der Waals surface area contributed by atoms with E-state index < -0.39 is 0 Å². The number of hydrogen-bond acceptors (Lipinski definition) is 9. The Bertz CT molecular complexity index is 1350. The zero-order valence-corrected chi connectivity index (χ0v) is 19.2. The van der Waals surface area contributed by atoms with Crippen molar-refractivity contribution in [3.8, 4) is 17.3 Å². The van der Waals surface area contributed by atoms with Gasteiger partial charge in [0.15, 0.2) is 11.6 Å². The Hall–Kier alpha value is -3.73. The summed E-state index contributed by atoms with van der Waals surface area (Å²) in [7, 11) is 1.85. The molecule has 2 aliphatic rings. The molecule has 4 bridgehead atoms. The Kier molecular flexibility index (Phi) is 5.05. The summed E-state index contributed by atoms with van der Waals surface area (Å²) in [5.74, 6) is 3.69. The van der Waals surface area contributed by atoms with Gasteiger partial charge in [-0.1, -0.05) is 0 Å². The first-order chi connectivity index (χ1) is 16.6. The monoisotopic (exact) mass is 461 g/mol. The normalized spacial score (nSPS) is 20.1. The summed E-state index contributed by atoms with van der Waals surface area (Å²) in [4.78, 5) is 16.0. The number of aliphatic hydroxyl groups excluding tert-OH is 1. The number of aryl methyl sites for hydroxylation is 1. The van der Waals surface area contributed by atoms with Crippen LogP contribution in [0.2, 0.25) is 0 Å². The highest BCUT2D eigenvalue weighted by atomic mass is 16.5. The molecule has 2 aliphatic heterocycles. The number of ether oxygens (including phenoxy) is 1. The molecule has 0 saturated carbocycles. The van der Waals surface area contributed by atoms with Crippen LogP contribution < -0.4 is 15.0 Å². The van der Waals surface area contributed by atoms with Crippen molar-refractivity contribution in [2.24, 2.45) is 13.0 Å². The van der Waals surface area contributed by atoms with Crippen molar-refractivity contribution in [3.05, 3.63) is 30.7 Å². The van der Waals surface area contributed by atoms with Crippen molar-refractivity contribution in [2.75, 3.05) is 36.5 Å². The van der Waals surface area contributed by atoms with Crippen LogP contribution in [0.15, 0.2) is 30.7 Å². The van der Waals surface area contributed by atoms with E-state index in [0.717, 1.165) is 48.2 Å². The number of fused-ring (bicyclic) bond motifs is 5. The Balaban J connectivity index is 1.45. The highest BCUT2D eigenvalue weighted by Crippen LogP contribution is 2.34. The third kappa shape index (κ3) is 3.52. The molecule has 2 atom stereocenters. The van der Waals surface area contributed by atoms with Gasteiger partial charge in [-0.3, -0.25) is 4.68 Å². The minimum Gasteiger partial charge on any atom is -0.477 e.